The summed E-state index contributed by atoms with van der Waals surface area (Å²) in [5.41, 5.74) is 6.59. The Labute approximate surface area is 154 Å². The molecule has 0 spiro atoms. The number of carbonyl (C=O) groups is 2. The van der Waals surface area contributed by atoms with Crippen molar-refractivity contribution in [3.63, 3.8) is 0 Å². The van der Waals surface area contributed by atoms with E-state index in [-0.39, 0.29) is 29.6 Å². The molecule has 2 rings (SSSR count). The van der Waals surface area contributed by atoms with Gasteiger partial charge in [0.05, 0.1) is 12.4 Å². The third-order valence-electron chi connectivity index (χ3n) is 2.98. The molecule has 2 aromatic rings. The van der Waals surface area contributed by atoms with Crippen molar-refractivity contribution in [1.82, 2.24) is 9.97 Å². The van der Waals surface area contributed by atoms with Crippen molar-refractivity contribution in [2.45, 2.75) is 17.0 Å². The highest BCUT2D eigenvalue weighted by Gasteiger charge is 2.14. The Kier molecular flexibility index (Phi) is 7.08. The van der Waals surface area contributed by atoms with Crippen LogP contribution in [0.2, 0.25) is 0 Å². The third kappa shape index (κ3) is 5.64. The van der Waals surface area contributed by atoms with Gasteiger partial charge in [-0.25, -0.2) is 14.8 Å². The van der Waals surface area contributed by atoms with Crippen molar-refractivity contribution in [2.75, 3.05) is 29.7 Å². The van der Waals surface area contributed by atoms with Crippen LogP contribution in [-0.4, -0.2) is 40.5 Å². The number of nitrogens with zero attached hydrogens (tertiary/aromatic N) is 2. The number of hydrogen-bond acceptors (Lipinski definition) is 8. The topological polar surface area (TPSA) is 107 Å². The Morgan fingerprint density at radius 3 is 2.84 bits per heavy atom. The molecule has 0 saturated heterocycles. The molecule has 0 fully saturated rings. The van der Waals surface area contributed by atoms with Crippen LogP contribution in [-0.2, 0) is 9.53 Å². The van der Waals surface area contributed by atoms with E-state index in [1.54, 1.807) is 18.7 Å². The predicted octanol–water partition coefficient (Wildman–Crippen LogP) is 2.69. The first kappa shape index (κ1) is 19.1. The number of ether oxygens (including phenoxy) is 1. The van der Waals surface area contributed by atoms with E-state index < -0.39 is 5.97 Å². The van der Waals surface area contributed by atoms with E-state index in [4.69, 9.17) is 10.5 Å². The molecule has 0 radical (unpaired) electrons. The zero-order valence-corrected chi connectivity index (χ0v) is 15.4. The molecule has 3 N–H and O–H groups in total. The van der Waals surface area contributed by atoms with Gasteiger partial charge in [-0.1, -0.05) is 17.8 Å². The summed E-state index contributed by atoms with van der Waals surface area (Å²) in [6.07, 6.45) is 3.28. The summed E-state index contributed by atoms with van der Waals surface area (Å²) in [6, 6.07) is 7.57. The summed E-state index contributed by atoms with van der Waals surface area (Å²) >= 11 is 2.73. The lowest BCUT2D eigenvalue weighted by Crippen LogP contribution is -2.15. The van der Waals surface area contributed by atoms with Gasteiger partial charge in [-0.3, -0.25) is 4.79 Å². The molecule has 1 amide bonds. The van der Waals surface area contributed by atoms with E-state index in [1.807, 2.05) is 30.5 Å². The number of benzene rings is 1. The number of nitrogen functional groups attached to an aromatic ring is 1. The summed E-state index contributed by atoms with van der Waals surface area (Å²) in [5.74, 6) is -0.589. The van der Waals surface area contributed by atoms with E-state index in [0.717, 1.165) is 22.3 Å². The molecule has 132 valence electrons. The van der Waals surface area contributed by atoms with Crippen molar-refractivity contribution < 1.29 is 14.3 Å². The maximum absolute atomic E-state index is 12.0. The quantitative estimate of drug-likeness (QED) is 0.430. The highest BCUT2D eigenvalue weighted by Crippen LogP contribution is 2.20. The van der Waals surface area contributed by atoms with Crippen LogP contribution in [0.25, 0.3) is 0 Å². The minimum Gasteiger partial charge on any atom is -0.462 e. The summed E-state index contributed by atoms with van der Waals surface area (Å²) in [7, 11) is 0. The number of anilines is 2. The molecule has 7 nitrogen and oxygen atoms in total. The Morgan fingerprint density at radius 1 is 1.36 bits per heavy atom. The second kappa shape index (κ2) is 9.28. The highest BCUT2D eigenvalue weighted by atomic mass is 32.2. The van der Waals surface area contributed by atoms with Gasteiger partial charge in [0.1, 0.15) is 11.4 Å². The van der Waals surface area contributed by atoms with Gasteiger partial charge in [0.25, 0.3) is 0 Å². The Morgan fingerprint density at radius 2 is 2.16 bits per heavy atom. The molecule has 1 heterocycles. The first-order valence-electron chi connectivity index (χ1n) is 7.39. The van der Waals surface area contributed by atoms with Crippen LogP contribution in [0, 0.1) is 0 Å². The maximum Gasteiger partial charge on any atom is 0.343 e. The fourth-order valence-electron chi connectivity index (χ4n) is 1.84. The van der Waals surface area contributed by atoms with Gasteiger partial charge in [-0.05, 0) is 31.4 Å². The largest absolute Gasteiger partial charge is 0.462 e. The number of thioether (sulfide) groups is 2. The fourth-order valence-corrected chi connectivity index (χ4v) is 2.92. The van der Waals surface area contributed by atoms with Crippen LogP contribution >= 0.6 is 23.5 Å². The van der Waals surface area contributed by atoms with Crippen molar-refractivity contribution in [2.24, 2.45) is 0 Å². The van der Waals surface area contributed by atoms with Gasteiger partial charge in [0, 0.05) is 16.8 Å². The van der Waals surface area contributed by atoms with Gasteiger partial charge in [-0.2, -0.15) is 0 Å². The van der Waals surface area contributed by atoms with Crippen LogP contribution < -0.4 is 11.1 Å². The minimum atomic E-state index is -0.567. The smallest absolute Gasteiger partial charge is 0.343 e. The molecule has 1 aromatic carbocycles. The summed E-state index contributed by atoms with van der Waals surface area (Å²) < 4.78 is 4.86. The van der Waals surface area contributed by atoms with Crippen molar-refractivity contribution in [3.05, 3.63) is 36.0 Å². The zero-order valence-electron chi connectivity index (χ0n) is 13.8. The molecule has 25 heavy (non-hydrogen) atoms. The molecule has 9 heteroatoms. The van der Waals surface area contributed by atoms with Gasteiger partial charge >= 0.3 is 5.97 Å². The molecular formula is C16H18N4O3S2. The second-order valence-electron chi connectivity index (χ2n) is 4.74. The van der Waals surface area contributed by atoms with Crippen LogP contribution in [0.4, 0.5) is 11.5 Å². The standard InChI is InChI=1S/C16H18N4O3S2/c1-3-23-15(22)12-8-18-16(20-14(12)17)25-9-13(21)19-10-5-4-6-11(7-10)24-2/h4-8H,3,9H2,1-2H3,(H,19,21)(H2,17,18,20). The second-order valence-corrected chi connectivity index (χ2v) is 6.56. The van der Waals surface area contributed by atoms with Crippen LogP contribution in [0.15, 0.2) is 40.5 Å². The third-order valence-corrected chi connectivity index (χ3v) is 4.56. The Bertz CT molecular complexity index is 771. The van der Waals surface area contributed by atoms with Crippen LogP contribution in [0.3, 0.4) is 0 Å². The normalized spacial score (nSPS) is 10.3. The lowest BCUT2D eigenvalue weighted by atomic mass is 10.3. The molecular weight excluding hydrogens is 360 g/mol. The number of rotatable bonds is 7. The Hall–Kier alpha value is -2.26. The van der Waals surface area contributed by atoms with E-state index in [9.17, 15) is 9.59 Å². The number of nitrogens with two attached hydrogens (primary N) is 1. The van der Waals surface area contributed by atoms with Gasteiger partial charge in [0.2, 0.25) is 5.91 Å². The lowest BCUT2D eigenvalue weighted by molar-refractivity contribution is -0.113. The monoisotopic (exact) mass is 378 g/mol. The number of esters is 1. The molecule has 0 bridgehead atoms. The number of hydrogen-bond donors (Lipinski definition) is 2. The molecule has 1 aromatic heterocycles. The van der Waals surface area contributed by atoms with Crippen LogP contribution in [0.1, 0.15) is 17.3 Å². The van der Waals surface area contributed by atoms with Gasteiger partial charge < -0.3 is 15.8 Å². The minimum absolute atomic E-state index is 0.0315. The van der Waals surface area contributed by atoms with Gasteiger partial charge in [-0.15, -0.1) is 11.8 Å². The van der Waals surface area contributed by atoms with Crippen molar-refractivity contribution in [3.8, 4) is 0 Å². The number of aromatic nitrogens is 2. The first-order valence-corrected chi connectivity index (χ1v) is 9.60. The summed E-state index contributed by atoms with van der Waals surface area (Å²) in [5, 5.41) is 3.13. The highest BCUT2D eigenvalue weighted by molar-refractivity contribution is 7.99. The van der Waals surface area contributed by atoms with Crippen LogP contribution in [0.5, 0.6) is 0 Å². The molecule has 0 aliphatic carbocycles. The fraction of sp³-hybridized carbons (Fsp3) is 0.250. The van der Waals surface area contributed by atoms with E-state index in [2.05, 4.69) is 15.3 Å². The van der Waals surface area contributed by atoms with Crippen molar-refractivity contribution in [1.29, 1.82) is 0 Å². The SMILES string of the molecule is CCOC(=O)c1cnc(SCC(=O)Nc2cccc(SC)c2)nc1N. The number of amides is 1. The Balaban J connectivity index is 1.93. The van der Waals surface area contributed by atoms with E-state index in [0.29, 0.717) is 5.16 Å². The molecule has 0 aliphatic rings. The average molecular weight is 378 g/mol. The van der Waals surface area contributed by atoms with Gasteiger partial charge in [0.15, 0.2) is 5.16 Å². The molecule has 0 unspecified atom stereocenters. The molecule has 0 aliphatic heterocycles. The van der Waals surface area contributed by atoms with Crippen molar-refractivity contribution >= 4 is 46.9 Å². The molecule has 0 saturated carbocycles. The molecule has 0 atom stereocenters. The maximum atomic E-state index is 12.0. The number of nitrogens with one attached hydrogen (secondary N) is 1. The number of carbonyl (C=O) groups excluding carboxylic acids is 2. The van der Waals surface area contributed by atoms with E-state index >= 15 is 0 Å². The van der Waals surface area contributed by atoms with E-state index in [1.165, 1.54) is 6.20 Å². The first-order chi connectivity index (χ1) is 12.0. The summed E-state index contributed by atoms with van der Waals surface area (Å²) in [4.78, 5) is 32.8. The predicted molar refractivity (Wildman–Crippen MR) is 100.0 cm³/mol. The zero-order chi connectivity index (χ0) is 18.2. The summed E-state index contributed by atoms with van der Waals surface area (Å²) in [6.45, 7) is 1.94. The average Bonchev–Trinajstić information content (AvgIpc) is 2.60. The lowest BCUT2D eigenvalue weighted by Gasteiger charge is -2.07.